The number of nitrogens with zero attached hydrogens (tertiary/aromatic N) is 2. The zero-order valence-corrected chi connectivity index (χ0v) is 15.3. The van der Waals surface area contributed by atoms with Crippen LogP contribution in [0.5, 0.6) is 0 Å². The van der Waals surface area contributed by atoms with Crippen LogP contribution in [0, 0.1) is 5.82 Å². The zero-order chi connectivity index (χ0) is 19.2. The van der Waals surface area contributed by atoms with E-state index < -0.39 is 11.8 Å². The molecule has 3 rings (SSSR count). The van der Waals surface area contributed by atoms with E-state index in [1.165, 1.54) is 12.3 Å². The summed E-state index contributed by atoms with van der Waals surface area (Å²) in [4.78, 5) is 29.9. The molecule has 1 aromatic carbocycles. The van der Waals surface area contributed by atoms with Crippen molar-refractivity contribution in [2.24, 2.45) is 0 Å². The van der Waals surface area contributed by atoms with Crippen LogP contribution in [0.3, 0.4) is 0 Å². The minimum absolute atomic E-state index is 0.0417. The van der Waals surface area contributed by atoms with Crippen LogP contribution < -0.4 is 0 Å². The summed E-state index contributed by atoms with van der Waals surface area (Å²) >= 11 is 0. The van der Waals surface area contributed by atoms with Crippen molar-refractivity contribution in [2.45, 2.75) is 45.1 Å². The van der Waals surface area contributed by atoms with Crippen molar-refractivity contribution >= 4 is 11.9 Å². The summed E-state index contributed by atoms with van der Waals surface area (Å²) in [7, 11) is 0. The van der Waals surface area contributed by atoms with Gasteiger partial charge in [0.05, 0.1) is 18.2 Å². The fourth-order valence-electron chi connectivity index (χ4n) is 3.19. The average Bonchev–Trinajstić information content (AvgIpc) is 3.14. The van der Waals surface area contributed by atoms with Gasteiger partial charge in [-0.2, -0.15) is 0 Å². The van der Waals surface area contributed by atoms with E-state index in [4.69, 9.17) is 9.15 Å². The summed E-state index contributed by atoms with van der Waals surface area (Å²) in [5.41, 5.74) is 0.320. The Morgan fingerprint density at radius 3 is 2.93 bits per heavy atom. The number of carbonyl (C=O) groups excluding carboxylic acids is 2. The summed E-state index contributed by atoms with van der Waals surface area (Å²) in [6.45, 7) is 2.48. The molecule has 1 aromatic heterocycles. The van der Waals surface area contributed by atoms with Crippen LogP contribution in [0.25, 0.3) is 11.3 Å². The van der Waals surface area contributed by atoms with Crippen molar-refractivity contribution in [3.05, 3.63) is 42.2 Å². The van der Waals surface area contributed by atoms with Crippen LogP contribution in [-0.2, 0) is 20.7 Å². The van der Waals surface area contributed by atoms with Gasteiger partial charge in [0, 0.05) is 19.0 Å². The van der Waals surface area contributed by atoms with Crippen LogP contribution in [0.1, 0.15) is 38.5 Å². The molecule has 0 N–H and O–H groups in total. The minimum Gasteiger partial charge on any atom is -0.456 e. The molecule has 2 heterocycles. The van der Waals surface area contributed by atoms with E-state index in [1.807, 2.05) is 6.92 Å². The number of oxazole rings is 1. The third-order valence-corrected chi connectivity index (χ3v) is 4.72. The number of hydrogen-bond donors (Lipinski definition) is 0. The maximum absolute atomic E-state index is 13.8. The Bertz CT molecular complexity index is 805. The van der Waals surface area contributed by atoms with Gasteiger partial charge in [-0.1, -0.05) is 12.1 Å². The van der Waals surface area contributed by atoms with Gasteiger partial charge in [0.25, 0.3) is 5.91 Å². The van der Waals surface area contributed by atoms with Crippen molar-refractivity contribution in [3.63, 3.8) is 0 Å². The highest BCUT2D eigenvalue weighted by atomic mass is 19.1. The molecule has 1 amide bonds. The Hall–Kier alpha value is -2.70. The first-order valence-electron chi connectivity index (χ1n) is 9.19. The Kier molecular flexibility index (Phi) is 6.21. The number of benzene rings is 1. The van der Waals surface area contributed by atoms with Crippen LogP contribution >= 0.6 is 0 Å². The van der Waals surface area contributed by atoms with Gasteiger partial charge in [0.2, 0.25) is 0 Å². The first-order valence-corrected chi connectivity index (χ1v) is 9.19. The molecule has 0 aliphatic carbocycles. The lowest BCUT2D eigenvalue weighted by Crippen LogP contribution is -2.44. The Morgan fingerprint density at radius 2 is 2.15 bits per heavy atom. The Balaban J connectivity index is 1.46. The van der Waals surface area contributed by atoms with E-state index in [9.17, 15) is 14.0 Å². The molecule has 0 saturated carbocycles. The van der Waals surface area contributed by atoms with Gasteiger partial charge in [-0.05, 0) is 38.3 Å². The van der Waals surface area contributed by atoms with Gasteiger partial charge in [-0.25, -0.2) is 9.37 Å². The topological polar surface area (TPSA) is 72.6 Å². The molecule has 0 spiro atoms. The van der Waals surface area contributed by atoms with Gasteiger partial charge < -0.3 is 14.1 Å². The standard InChI is InChI=1S/C20H23FN2O4/c1-14-6-4-5-11-23(14)19(24)13-26-20(25)10-9-18-22-12-17(27-18)15-7-2-3-8-16(15)21/h2-3,7-8,12,14H,4-6,9-11,13H2,1H3. The van der Waals surface area contributed by atoms with Gasteiger partial charge >= 0.3 is 5.97 Å². The molecular formula is C20H23FN2O4. The molecule has 1 unspecified atom stereocenters. The Labute approximate surface area is 157 Å². The van der Waals surface area contributed by atoms with Crippen molar-refractivity contribution in [2.75, 3.05) is 13.2 Å². The van der Waals surface area contributed by atoms with Crippen LogP contribution in [-0.4, -0.2) is 41.0 Å². The number of esters is 1. The predicted octanol–water partition coefficient (Wildman–Crippen LogP) is 3.36. The van der Waals surface area contributed by atoms with E-state index >= 15 is 0 Å². The average molecular weight is 374 g/mol. The third-order valence-electron chi connectivity index (χ3n) is 4.72. The van der Waals surface area contributed by atoms with Crippen molar-refractivity contribution < 1.29 is 23.1 Å². The highest BCUT2D eigenvalue weighted by Crippen LogP contribution is 2.23. The highest BCUT2D eigenvalue weighted by molar-refractivity contribution is 5.81. The summed E-state index contributed by atoms with van der Waals surface area (Å²) < 4.78 is 24.3. The van der Waals surface area contributed by atoms with E-state index in [0.717, 1.165) is 19.3 Å². The van der Waals surface area contributed by atoms with E-state index in [0.29, 0.717) is 23.8 Å². The van der Waals surface area contributed by atoms with Gasteiger partial charge in [0.1, 0.15) is 5.82 Å². The first-order chi connectivity index (χ1) is 13.0. The summed E-state index contributed by atoms with van der Waals surface area (Å²) in [6, 6.07) is 6.43. The lowest BCUT2D eigenvalue weighted by molar-refractivity contribution is -0.153. The predicted molar refractivity (Wildman–Crippen MR) is 96.2 cm³/mol. The number of amides is 1. The number of hydrogen-bond acceptors (Lipinski definition) is 5. The van der Waals surface area contributed by atoms with Gasteiger partial charge in [-0.3, -0.25) is 9.59 Å². The molecule has 144 valence electrons. The van der Waals surface area contributed by atoms with E-state index in [-0.39, 0.29) is 31.4 Å². The Morgan fingerprint density at radius 1 is 1.33 bits per heavy atom. The number of carbonyl (C=O) groups is 2. The maximum Gasteiger partial charge on any atom is 0.306 e. The van der Waals surface area contributed by atoms with Crippen LogP contribution in [0.15, 0.2) is 34.9 Å². The summed E-state index contributed by atoms with van der Waals surface area (Å²) in [5, 5.41) is 0. The van der Waals surface area contributed by atoms with Gasteiger partial charge in [0.15, 0.2) is 18.3 Å². The lowest BCUT2D eigenvalue weighted by Gasteiger charge is -2.33. The normalized spacial score (nSPS) is 17.0. The third kappa shape index (κ3) is 4.93. The molecule has 1 atom stereocenters. The number of aryl methyl sites for hydroxylation is 1. The second-order valence-electron chi connectivity index (χ2n) is 6.69. The minimum atomic E-state index is -0.487. The monoisotopic (exact) mass is 374 g/mol. The second-order valence-corrected chi connectivity index (χ2v) is 6.69. The molecule has 7 heteroatoms. The smallest absolute Gasteiger partial charge is 0.306 e. The van der Waals surface area contributed by atoms with Gasteiger partial charge in [-0.15, -0.1) is 0 Å². The number of halogens is 1. The molecule has 0 bridgehead atoms. The number of aromatic nitrogens is 1. The maximum atomic E-state index is 13.8. The zero-order valence-electron chi connectivity index (χ0n) is 15.3. The second kappa shape index (κ2) is 8.79. The summed E-state index contributed by atoms with van der Waals surface area (Å²) in [6.07, 6.45) is 4.78. The highest BCUT2D eigenvalue weighted by Gasteiger charge is 2.24. The van der Waals surface area contributed by atoms with Crippen LogP contribution in [0.2, 0.25) is 0 Å². The first kappa shape index (κ1) is 19.1. The largest absolute Gasteiger partial charge is 0.456 e. The SMILES string of the molecule is CC1CCCCN1C(=O)COC(=O)CCc1ncc(-c2ccccc2F)o1. The summed E-state index contributed by atoms with van der Waals surface area (Å²) in [5.74, 6) is -0.413. The quantitative estimate of drug-likeness (QED) is 0.725. The molecule has 2 aromatic rings. The fourth-order valence-corrected chi connectivity index (χ4v) is 3.19. The molecule has 1 aliphatic rings. The van der Waals surface area contributed by atoms with E-state index in [2.05, 4.69) is 4.98 Å². The molecule has 1 fully saturated rings. The molecule has 1 saturated heterocycles. The molecule has 27 heavy (non-hydrogen) atoms. The van der Waals surface area contributed by atoms with Crippen molar-refractivity contribution in [3.8, 4) is 11.3 Å². The number of piperidine rings is 1. The number of likely N-dealkylation sites (tertiary alicyclic amines) is 1. The van der Waals surface area contributed by atoms with Crippen LogP contribution in [0.4, 0.5) is 4.39 Å². The van der Waals surface area contributed by atoms with Crippen molar-refractivity contribution in [1.29, 1.82) is 0 Å². The van der Waals surface area contributed by atoms with E-state index in [1.54, 1.807) is 23.1 Å². The molecular weight excluding hydrogens is 351 g/mol. The molecule has 6 nitrogen and oxygen atoms in total. The molecule has 1 aliphatic heterocycles. The number of rotatable bonds is 6. The lowest BCUT2D eigenvalue weighted by atomic mass is 10.0. The van der Waals surface area contributed by atoms with Crippen molar-refractivity contribution in [1.82, 2.24) is 9.88 Å². The fraction of sp³-hybridized carbons (Fsp3) is 0.450. The number of ether oxygens (including phenoxy) is 1. The molecule has 0 radical (unpaired) electrons.